The molecule has 2 aromatic carbocycles. The van der Waals surface area contributed by atoms with E-state index in [0.29, 0.717) is 13.0 Å². The van der Waals surface area contributed by atoms with Crippen molar-refractivity contribution in [3.8, 4) is 0 Å². The van der Waals surface area contributed by atoms with Crippen LogP contribution < -0.4 is 10.2 Å². The van der Waals surface area contributed by atoms with Crippen LogP contribution in [0.25, 0.3) is 10.2 Å². The quantitative estimate of drug-likeness (QED) is 0.716. The molecule has 0 aliphatic carbocycles. The fraction of sp³-hybridized carbons (Fsp3) is 0.300. The third-order valence-electron chi connectivity index (χ3n) is 4.29. The predicted octanol–water partition coefficient (Wildman–Crippen LogP) is 3.85. The molecular formula is C20H22FN3OS. The Balaban J connectivity index is 1.56. The van der Waals surface area contributed by atoms with Gasteiger partial charge >= 0.3 is 0 Å². The number of nitrogens with zero attached hydrogens (tertiary/aromatic N) is 2. The van der Waals surface area contributed by atoms with Crippen LogP contribution in [-0.2, 0) is 11.2 Å². The van der Waals surface area contributed by atoms with Crippen molar-refractivity contribution in [2.75, 3.05) is 25.0 Å². The van der Waals surface area contributed by atoms with Crippen molar-refractivity contribution in [3.05, 3.63) is 58.9 Å². The van der Waals surface area contributed by atoms with Gasteiger partial charge in [0, 0.05) is 13.6 Å². The second kappa shape index (κ2) is 7.83. The number of amides is 1. The fourth-order valence-corrected chi connectivity index (χ4v) is 3.82. The second-order valence-electron chi connectivity index (χ2n) is 6.46. The molecule has 0 radical (unpaired) electrons. The summed E-state index contributed by atoms with van der Waals surface area (Å²) in [6.45, 7) is 4.90. The number of benzene rings is 2. The largest absolute Gasteiger partial charge is 0.354 e. The normalized spacial score (nSPS) is 10.9. The monoisotopic (exact) mass is 371 g/mol. The average molecular weight is 371 g/mol. The van der Waals surface area contributed by atoms with Gasteiger partial charge in [0.1, 0.15) is 5.82 Å². The van der Waals surface area contributed by atoms with Gasteiger partial charge in [0.15, 0.2) is 5.13 Å². The van der Waals surface area contributed by atoms with Crippen LogP contribution in [0.4, 0.5) is 9.52 Å². The van der Waals surface area contributed by atoms with Crippen LogP contribution in [0.2, 0.25) is 0 Å². The maximum atomic E-state index is 12.9. The van der Waals surface area contributed by atoms with Crippen LogP contribution in [0.5, 0.6) is 0 Å². The van der Waals surface area contributed by atoms with Gasteiger partial charge in [-0.15, -0.1) is 0 Å². The highest BCUT2D eigenvalue weighted by molar-refractivity contribution is 7.22. The first-order chi connectivity index (χ1) is 12.4. The van der Waals surface area contributed by atoms with Crippen LogP contribution in [0, 0.1) is 19.7 Å². The maximum Gasteiger partial charge on any atom is 0.239 e. The van der Waals surface area contributed by atoms with Crippen molar-refractivity contribution in [2.24, 2.45) is 0 Å². The smallest absolute Gasteiger partial charge is 0.239 e. The van der Waals surface area contributed by atoms with E-state index in [9.17, 15) is 9.18 Å². The molecule has 0 spiro atoms. The third kappa shape index (κ3) is 4.19. The van der Waals surface area contributed by atoms with Gasteiger partial charge < -0.3 is 10.2 Å². The molecule has 0 saturated carbocycles. The number of hydrogen-bond donors (Lipinski definition) is 1. The van der Waals surface area contributed by atoms with Crippen molar-refractivity contribution < 1.29 is 9.18 Å². The van der Waals surface area contributed by atoms with Crippen molar-refractivity contribution in [2.45, 2.75) is 20.3 Å². The molecule has 136 valence electrons. The van der Waals surface area contributed by atoms with E-state index in [2.05, 4.69) is 24.4 Å². The number of carbonyl (C=O) groups is 1. The van der Waals surface area contributed by atoms with E-state index >= 15 is 0 Å². The molecule has 0 saturated heterocycles. The highest BCUT2D eigenvalue weighted by atomic mass is 32.1. The first-order valence-corrected chi connectivity index (χ1v) is 9.34. The number of aryl methyl sites for hydroxylation is 2. The van der Waals surface area contributed by atoms with E-state index in [1.807, 2.05) is 18.9 Å². The minimum Gasteiger partial charge on any atom is -0.354 e. The summed E-state index contributed by atoms with van der Waals surface area (Å²) < 4.78 is 14.1. The molecule has 3 rings (SSSR count). The van der Waals surface area contributed by atoms with E-state index in [4.69, 9.17) is 4.98 Å². The van der Waals surface area contributed by atoms with Gasteiger partial charge in [0.25, 0.3) is 0 Å². The molecule has 0 unspecified atom stereocenters. The molecule has 3 aromatic rings. The van der Waals surface area contributed by atoms with E-state index in [1.54, 1.807) is 23.5 Å². The van der Waals surface area contributed by atoms with Crippen LogP contribution in [-0.4, -0.2) is 31.0 Å². The lowest BCUT2D eigenvalue weighted by Crippen LogP contribution is -2.36. The predicted molar refractivity (Wildman–Crippen MR) is 105 cm³/mol. The van der Waals surface area contributed by atoms with Crippen molar-refractivity contribution in [3.63, 3.8) is 0 Å². The van der Waals surface area contributed by atoms with Gasteiger partial charge in [0.2, 0.25) is 5.91 Å². The lowest BCUT2D eigenvalue weighted by molar-refractivity contribution is -0.119. The van der Waals surface area contributed by atoms with E-state index in [-0.39, 0.29) is 18.3 Å². The Morgan fingerprint density at radius 3 is 2.54 bits per heavy atom. The summed E-state index contributed by atoms with van der Waals surface area (Å²) in [6, 6.07) is 10.5. The summed E-state index contributed by atoms with van der Waals surface area (Å²) >= 11 is 1.61. The zero-order valence-electron chi connectivity index (χ0n) is 15.2. The van der Waals surface area contributed by atoms with Gasteiger partial charge in [0.05, 0.1) is 16.8 Å². The Labute approximate surface area is 156 Å². The maximum absolute atomic E-state index is 12.9. The van der Waals surface area contributed by atoms with E-state index < -0.39 is 0 Å². The lowest BCUT2D eigenvalue weighted by Gasteiger charge is -2.15. The number of carbonyl (C=O) groups excluding carboxylic acids is 1. The van der Waals surface area contributed by atoms with E-state index in [0.717, 1.165) is 21.8 Å². The molecular weight excluding hydrogens is 349 g/mol. The van der Waals surface area contributed by atoms with Gasteiger partial charge in [-0.2, -0.15) is 0 Å². The minimum atomic E-state index is -0.249. The topological polar surface area (TPSA) is 45.2 Å². The number of fused-ring (bicyclic) bond motifs is 1. The number of rotatable bonds is 6. The number of nitrogens with one attached hydrogen (secondary N) is 1. The third-order valence-corrected chi connectivity index (χ3v) is 5.59. The van der Waals surface area contributed by atoms with Crippen LogP contribution in [0.1, 0.15) is 16.7 Å². The number of thiazole rings is 1. The number of halogens is 1. The number of anilines is 1. The molecule has 6 heteroatoms. The summed E-state index contributed by atoms with van der Waals surface area (Å²) in [5, 5.41) is 3.74. The second-order valence-corrected chi connectivity index (χ2v) is 7.43. The Hall–Kier alpha value is -2.47. The first-order valence-electron chi connectivity index (χ1n) is 8.53. The summed E-state index contributed by atoms with van der Waals surface area (Å²) in [4.78, 5) is 18.7. The highest BCUT2D eigenvalue weighted by Gasteiger charge is 2.14. The van der Waals surface area contributed by atoms with Crippen molar-refractivity contribution >= 4 is 32.6 Å². The molecule has 1 heterocycles. The molecule has 0 atom stereocenters. The molecule has 0 aliphatic rings. The molecule has 26 heavy (non-hydrogen) atoms. The molecule has 4 nitrogen and oxygen atoms in total. The van der Waals surface area contributed by atoms with Crippen molar-refractivity contribution in [1.29, 1.82) is 0 Å². The Kier molecular flexibility index (Phi) is 5.52. The molecule has 0 fully saturated rings. The zero-order chi connectivity index (χ0) is 18.7. The summed E-state index contributed by atoms with van der Waals surface area (Å²) in [5.74, 6) is -0.303. The Bertz CT molecular complexity index is 882. The average Bonchev–Trinajstić information content (AvgIpc) is 3.07. The summed E-state index contributed by atoms with van der Waals surface area (Å²) in [5.41, 5.74) is 4.35. The fourth-order valence-electron chi connectivity index (χ4n) is 2.75. The van der Waals surface area contributed by atoms with Gasteiger partial charge in [-0.3, -0.25) is 4.79 Å². The van der Waals surface area contributed by atoms with Gasteiger partial charge in [-0.25, -0.2) is 9.37 Å². The summed E-state index contributed by atoms with van der Waals surface area (Å²) in [7, 11) is 1.88. The van der Waals surface area contributed by atoms with E-state index in [1.165, 1.54) is 22.4 Å². The minimum absolute atomic E-state index is 0.0534. The molecule has 0 bridgehead atoms. The van der Waals surface area contributed by atoms with Crippen LogP contribution in [0.3, 0.4) is 0 Å². The van der Waals surface area contributed by atoms with Crippen LogP contribution in [0.15, 0.2) is 36.4 Å². The van der Waals surface area contributed by atoms with Gasteiger partial charge in [-0.1, -0.05) is 35.6 Å². The number of likely N-dealkylation sites (N-methyl/N-ethyl adjacent to an activating group) is 1. The van der Waals surface area contributed by atoms with Gasteiger partial charge in [-0.05, 0) is 49.1 Å². The van der Waals surface area contributed by atoms with Crippen molar-refractivity contribution in [1.82, 2.24) is 10.3 Å². The molecule has 0 aliphatic heterocycles. The Morgan fingerprint density at radius 1 is 1.15 bits per heavy atom. The first kappa shape index (κ1) is 18.3. The summed E-state index contributed by atoms with van der Waals surface area (Å²) in [6.07, 6.45) is 0.676. The Morgan fingerprint density at radius 2 is 1.85 bits per heavy atom. The molecule has 1 N–H and O–H groups in total. The lowest BCUT2D eigenvalue weighted by atomic mass is 10.1. The molecule has 1 amide bonds. The highest BCUT2D eigenvalue weighted by Crippen LogP contribution is 2.32. The molecule has 1 aromatic heterocycles. The number of aromatic nitrogens is 1. The van der Waals surface area contributed by atoms with Crippen LogP contribution >= 0.6 is 11.3 Å². The number of hydrogen-bond acceptors (Lipinski definition) is 4. The SMILES string of the molecule is Cc1ccc(C)c2sc(N(C)CC(=O)NCCc3ccc(F)cc3)nc12. The standard InChI is InChI=1S/C20H22FN3OS/c1-13-4-5-14(2)19-18(13)23-20(26-19)24(3)12-17(25)22-11-10-15-6-8-16(21)9-7-15/h4-9H,10-12H2,1-3H3,(H,22,25). The zero-order valence-corrected chi connectivity index (χ0v) is 16.0.